The number of aromatic nitrogens is 1. The molecule has 0 saturated heterocycles. The molecule has 0 fully saturated rings. The summed E-state index contributed by atoms with van der Waals surface area (Å²) in [5, 5.41) is 2.03. The number of methoxy groups -OCH3 is 2. The molecular formula is C22H24N2O3S2. The van der Waals surface area contributed by atoms with Crippen LogP contribution in [0.5, 0.6) is 11.5 Å². The minimum Gasteiger partial charge on any atom is -0.493 e. The van der Waals surface area contributed by atoms with Crippen molar-refractivity contribution in [3.05, 3.63) is 70.2 Å². The van der Waals surface area contributed by atoms with Crippen LogP contribution in [0.2, 0.25) is 0 Å². The Hall–Kier alpha value is -2.51. The molecule has 0 spiro atoms. The van der Waals surface area contributed by atoms with Gasteiger partial charge in [0.05, 0.1) is 31.0 Å². The molecule has 0 atom stereocenters. The van der Waals surface area contributed by atoms with E-state index in [-0.39, 0.29) is 5.91 Å². The van der Waals surface area contributed by atoms with Gasteiger partial charge in [-0.25, -0.2) is 4.98 Å². The lowest BCUT2D eigenvalue weighted by atomic mass is 10.1. The highest BCUT2D eigenvalue weighted by atomic mass is 32.2. The number of carbonyl (C=O) groups excluding carboxylic acids is 1. The van der Waals surface area contributed by atoms with Crippen LogP contribution in [0.15, 0.2) is 58.3 Å². The Balaban J connectivity index is 1.64. The van der Waals surface area contributed by atoms with Gasteiger partial charge in [-0.1, -0.05) is 18.2 Å². The fraction of sp³-hybridized carbons (Fsp3) is 0.273. The van der Waals surface area contributed by atoms with Crippen molar-refractivity contribution in [3.63, 3.8) is 0 Å². The summed E-state index contributed by atoms with van der Waals surface area (Å²) < 4.78 is 10.6. The quantitative estimate of drug-likeness (QED) is 0.460. The Morgan fingerprint density at radius 3 is 2.66 bits per heavy atom. The number of benzene rings is 2. The Morgan fingerprint density at radius 2 is 1.93 bits per heavy atom. The Morgan fingerprint density at radius 1 is 1.14 bits per heavy atom. The van der Waals surface area contributed by atoms with Crippen molar-refractivity contribution in [3.8, 4) is 11.5 Å². The summed E-state index contributed by atoms with van der Waals surface area (Å²) in [5.41, 5.74) is 4.68. The van der Waals surface area contributed by atoms with E-state index in [2.05, 4.69) is 4.98 Å². The Labute approximate surface area is 179 Å². The van der Waals surface area contributed by atoms with Crippen LogP contribution in [0.1, 0.15) is 21.6 Å². The van der Waals surface area contributed by atoms with Gasteiger partial charge in [0.25, 0.3) is 5.91 Å². The predicted molar refractivity (Wildman–Crippen MR) is 118 cm³/mol. The van der Waals surface area contributed by atoms with Gasteiger partial charge in [0.1, 0.15) is 0 Å². The number of nitrogens with zero attached hydrogens (tertiary/aromatic N) is 2. The first-order valence-corrected chi connectivity index (χ1v) is 11.1. The minimum absolute atomic E-state index is 0.0202. The van der Waals surface area contributed by atoms with Crippen molar-refractivity contribution in [2.24, 2.45) is 0 Å². The molecule has 152 valence electrons. The van der Waals surface area contributed by atoms with Gasteiger partial charge in [-0.2, -0.15) is 0 Å². The third-order valence-electron chi connectivity index (χ3n) is 4.51. The molecule has 0 aliphatic heterocycles. The summed E-state index contributed by atoms with van der Waals surface area (Å²) in [6.07, 6.45) is 0.733. The second-order valence-electron chi connectivity index (χ2n) is 6.43. The molecule has 5 nitrogen and oxygen atoms in total. The molecule has 0 N–H and O–H groups in total. The summed E-state index contributed by atoms with van der Waals surface area (Å²) >= 11 is 3.22. The lowest BCUT2D eigenvalue weighted by molar-refractivity contribution is 0.0793. The zero-order valence-corrected chi connectivity index (χ0v) is 18.4. The molecule has 2 aromatic carbocycles. The maximum atomic E-state index is 13.0. The fourth-order valence-electron chi connectivity index (χ4n) is 2.87. The van der Waals surface area contributed by atoms with E-state index in [9.17, 15) is 4.79 Å². The van der Waals surface area contributed by atoms with Crippen LogP contribution >= 0.6 is 23.1 Å². The number of carbonyl (C=O) groups is 1. The third kappa shape index (κ3) is 5.52. The molecule has 0 aliphatic rings. The largest absolute Gasteiger partial charge is 0.493 e. The lowest BCUT2D eigenvalue weighted by Crippen LogP contribution is -2.29. The summed E-state index contributed by atoms with van der Waals surface area (Å²) in [5.74, 6) is 2.17. The first kappa shape index (κ1) is 21.2. The molecule has 7 heteroatoms. The number of thioether (sulfide) groups is 1. The maximum Gasteiger partial charge on any atom is 0.254 e. The van der Waals surface area contributed by atoms with Crippen LogP contribution in [0.4, 0.5) is 0 Å². The first-order chi connectivity index (χ1) is 14.1. The molecule has 0 radical (unpaired) electrons. The Kier molecular flexibility index (Phi) is 7.55. The Bertz CT molecular complexity index is 945. The van der Waals surface area contributed by atoms with Gasteiger partial charge in [-0.3, -0.25) is 4.79 Å². The molecule has 0 bridgehead atoms. The average molecular weight is 429 g/mol. The molecule has 3 rings (SSSR count). The number of likely N-dealkylation sites (N-methyl/N-ethyl adjacent to an activating group) is 1. The highest BCUT2D eigenvalue weighted by molar-refractivity contribution is 7.98. The number of amides is 1. The number of hydrogen-bond acceptors (Lipinski definition) is 6. The van der Waals surface area contributed by atoms with E-state index < -0.39 is 0 Å². The topological polar surface area (TPSA) is 51.7 Å². The van der Waals surface area contributed by atoms with Crippen LogP contribution in [0.3, 0.4) is 0 Å². The van der Waals surface area contributed by atoms with Gasteiger partial charge in [-0.05, 0) is 36.2 Å². The van der Waals surface area contributed by atoms with Crippen molar-refractivity contribution < 1.29 is 14.3 Å². The van der Waals surface area contributed by atoms with Crippen molar-refractivity contribution in [1.29, 1.82) is 0 Å². The summed E-state index contributed by atoms with van der Waals surface area (Å²) in [6, 6.07) is 13.6. The SMILES string of the molecule is COc1ccc(CCN(C)C(=O)c2ccccc2SCc2cscn2)cc1OC. The van der Waals surface area contributed by atoms with Gasteiger partial charge in [0, 0.05) is 29.6 Å². The van der Waals surface area contributed by atoms with E-state index in [4.69, 9.17) is 9.47 Å². The molecular weight excluding hydrogens is 404 g/mol. The number of ether oxygens (including phenoxy) is 2. The number of thiazole rings is 1. The molecule has 1 amide bonds. The summed E-state index contributed by atoms with van der Waals surface area (Å²) in [6.45, 7) is 0.611. The molecule has 29 heavy (non-hydrogen) atoms. The second-order valence-corrected chi connectivity index (χ2v) is 8.17. The van der Waals surface area contributed by atoms with Crippen LogP contribution < -0.4 is 9.47 Å². The number of rotatable bonds is 9. The van der Waals surface area contributed by atoms with Gasteiger partial charge in [0.15, 0.2) is 11.5 Å². The summed E-state index contributed by atoms with van der Waals surface area (Å²) in [7, 11) is 5.08. The van der Waals surface area contributed by atoms with Crippen LogP contribution in [0.25, 0.3) is 0 Å². The van der Waals surface area contributed by atoms with Crippen molar-refractivity contribution in [2.75, 3.05) is 27.8 Å². The molecule has 1 heterocycles. The third-order valence-corrected chi connectivity index (χ3v) is 6.25. The van der Waals surface area contributed by atoms with E-state index in [1.807, 2.05) is 60.4 Å². The smallest absolute Gasteiger partial charge is 0.254 e. The monoisotopic (exact) mass is 428 g/mol. The fourth-order valence-corrected chi connectivity index (χ4v) is 4.48. The predicted octanol–water partition coefficient (Wildman–Crippen LogP) is 4.77. The van der Waals surface area contributed by atoms with Gasteiger partial charge in [-0.15, -0.1) is 23.1 Å². The standard InChI is InChI=1S/C22H24N2O3S2/c1-24(11-10-16-8-9-19(26-2)20(12-16)27-3)22(25)18-6-4-5-7-21(18)29-14-17-13-28-15-23-17/h4-9,12-13,15H,10-11,14H2,1-3H3. The van der Waals surface area contributed by atoms with Crippen molar-refractivity contribution >= 4 is 29.0 Å². The van der Waals surface area contributed by atoms with Gasteiger partial charge in [0.2, 0.25) is 0 Å². The minimum atomic E-state index is 0.0202. The zero-order chi connectivity index (χ0) is 20.6. The normalized spacial score (nSPS) is 10.6. The lowest BCUT2D eigenvalue weighted by Gasteiger charge is -2.19. The molecule has 0 saturated carbocycles. The highest BCUT2D eigenvalue weighted by Crippen LogP contribution is 2.29. The van der Waals surface area contributed by atoms with Crippen molar-refractivity contribution in [2.45, 2.75) is 17.1 Å². The van der Waals surface area contributed by atoms with E-state index in [0.717, 1.165) is 33.9 Å². The van der Waals surface area contributed by atoms with Crippen molar-refractivity contribution in [1.82, 2.24) is 9.88 Å². The molecule has 0 unspecified atom stereocenters. The first-order valence-electron chi connectivity index (χ1n) is 9.17. The van der Waals surface area contributed by atoms with Crippen LogP contribution in [-0.2, 0) is 12.2 Å². The highest BCUT2D eigenvalue weighted by Gasteiger charge is 2.16. The van der Waals surface area contributed by atoms with Crippen LogP contribution in [0, 0.1) is 0 Å². The van der Waals surface area contributed by atoms with E-state index in [1.165, 1.54) is 0 Å². The van der Waals surface area contributed by atoms with E-state index >= 15 is 0 Å². The van der Waals surface area contributed by atoms with Gasteiger partial charge >= 0.3 is 0 Å². The van der Waals surface area contributed by atoms with E-state index in [1.54, 1.807) is 42.2 Å². The zero-order valence-electron chi connectivity index (χ0n) is 16.8. The van der Waals surface area contributed by atoms with E-state index in [0.29, 0.717) is 18.0 Å². The molecule has 1 aromatic heterocycles. The van der Waals surface area contributed by atoms with Gasteiger partial charge < -0.3 is 14.4 Å². The number of hydrogen-bond donors (Lipinski definition) is 0. The maximum absolute atomic E-state index is 13.0. The second kappa shape index (κ2) is 10.3. The molecule has 0 aliphatic carbocycles. The average Bonchev–Trinajstić information content (AvgIpc) is 3.29. The molecule has 3 aromatic rings. The summed E-state index contributed by atoms with van der Waals surface area (Å²) in [4.78, 5) is 20.1. The van der Waals surface area contributed by atoms with Crippen LogP contribution in [-0.4, -0.2) is 43.6 Å².